The lowest BCUT2D eigenvalue weighted by molar-refractivity contribution is 0.175. The summed E-state index contributed by atoms with van der Waals surface area (Å²) >= 11 is 0. The van der Waals surface area contributed by atoms with E-state index >= 15 is 0 Å². The SMILES string of the molecule is CCCNCC(O)c1cccnc1N. The van der Waals surface area contributed by atoms with E-state index in [9.17, 15) is 5.11 Å². The molecule has 0 aliphatic heterocycles. The molecule has 1 heterocycles. The second-order valence-electron chi connectivity index (χ2n) is 3.20. The van der Waals surface area contributed by atoms with Gasteiger partial charge in [-0.25, -0.2) is 4.98 Å². The number of nitrogens with one attached hydrogen (secondary N) is 1. The molecule has 4 N–H and O–H groups in total. The van der Waals surface area contributed by atoms with E-state index in [2.05, 4.69) is 17.2 Å². The van der Waals surface area contributed by atoms with E-state index in [0.29, 0.717) is 17.9 Å². The first kappa shape index (κ1) is 10.9. The highest BCUT2D eigenvalue weighted by atomic mass is 16.3. The quantitative estimate of drug-likeness (QED) is 0.605. The van der Waals surface area contributed by atoms with Gasteiger partial charge in [-0.2, -0.15) is 0 Å². The Bertz CT molecular complexity index is 278. The van der Waals surface area contributed by atoms with Crippen LogP contribution in [0.1, 0.15) is 25.0 Å². The highest BCUT2D eigenvalue weighted by molar-refractivity contribution is 5.40. The van der Waals surface area contributed by atoms with Gasteiger partial charge >= 0.3 is 0 Å². The highest BCUT2D eigenvalue weighted by Gasteiger charge is 2.09. The van der Waals surface area contributed by atoms with Gasteiger partial charge in [-0.05, 0) is 19.0 Å². The smallest absolute Gasteiger partial charge is 0.129 e. The second kappa shape index (κ2) is 5.57. The van der Waals surface area contributed by atoms with Gasteiger partial charge in [0.15, 0.2) is 0 Å². The van der Waals surface area contributed by atoms with Crippen LogP contribution in [0, 0.1) is 0 Å². The number of hydrogen-bond acceptors (Lipinski definition) is 4. The maximum Gasteiger partial charge on any atom is 0.129 e. The lowest BCUT2D eigenvalue weighted by atomic mass is 10.1. The van der Waals surface area contributed by atoms with Gasteiger partial charge in [0, 0.05) is 18.3 Å². The van der Waals surface area contributed by atoms with Crippen LogP contribution in [0.5, 0.6) is 0 Å². The molecule has 0 radical (unpaired) electrons. The molecule has 0 saturated carbocycles. The highest BCUT2D eigenvalue weighted by Crippen LogP contribution is 2.16. The fraction of sp³-hybridized carbons (Fsp3) is 0.500. The van der Waals surface area contributed by atoms with Crippen LogP contribution in [-0.4, -0.2) is 23.2 Å². The van der Waals surface area contributed by atoms with Crippen LogP contribution in [0.3, 0.4) is 0 Å². The van der Waals surface area contributed by atoms with Crippen molar-refractivity contribution in [2.75, 3.05) is 18.8 Å². The third-order valence-corrected chi connectivity index (χ3v) is 1.99. The lowest BCUT2D eigenvalue weighted by Crippen LogP contribution is -2.22. The first-order valence-electron chi connectivity index (χ1n) is 4.85. The van der Waals surface area contributed by atoms with Crippen molar-refractivity contribution < 1.29 is 5.11 Å². The molecule has 0 fully saturated rings. The Balaban J connectivity index is 2.51. The Labute approximate surface area is 84.2 Å². The molecule has 1 aromatic rings. The fourth-order valence-corrected chi connectivity index (χ4v) is 1.24. The predicted molar refractivity (Wildman–Crippen MR) is 56.8 cm³/mol. The monoisotopic (exact) mass is 195 g/mol. The number of nitrogen functional groups attached to an aromatic ring is 1. The van der Waals surface area contributed by atoms with Gasteiger partial charge in [-0.3, -0.25) is 0 Å². The van der Waals surface area contributed by atoms with E-state index < -0.39 is 6.10 Å². The van der Waals surface area contributed by atoms with Crippen molar-refractivity contribution in [2.45, 2.75) is 19.4 Å². The molecule has 0 bridgehead atoms. The van der Waals surface area contributed by atoms with Crippen LogP contribution in [-0.2, 0) is 0 Å². The molecule has 0 spiro atoms. The summed E-state index contributed by atoms with van der Waals surface area (Å²) in [6.45, 7) is 3.50. The second-order valence-corrected chi connectivity index (χ2v) is 3.20. The van der Waals surface area contributed by atoms with E-state index in [0.717, 1.165) is 13.0 Å². The molecule has 1 aromatic heterocycles. The third-order valence-electron chi connectivity index (χ3n) is 1.99. The summed E-state index contributed by atoms with van der Waals surface area (Å²) in [7, 11) is 0. The Morgan fingerprint density at radius 1 is 1.64 bits per heavy atom. The van der Waals surface area contributed by atoms with Gasteiger partial charge in [0.1, 0.15) is 5.82 Å². The fourth-order valence-electron chi connectivity index (χ4n) is 1.24. The number of aromatic nitrogens is 1. The van der Waals surface area contributed by atoms with Crippen molar-refractivity contribution in [2.24, 2.45) is 0 Å². The van der Waals surface area contributed by atoms with Crippen LogP contribution in [0.4, 0.5) is 5.82 Å². The molecule has 0 aliphatic rings. The average molecular weight is 195 g/mol. The van der Waals surface area contributed by atoms with Gasteiger partial charge in [0.05, 0.1) is 6.10 Å². The molecule has 1 atom stereocenters. The number of aliphatic hydroxyl groups excluding tert-OH is 1. The van der Waals surface area contributed by atoms with Crippen LogP contribution < -0.4 is 11.1 Å². The van der Waals surface area contributed by atoms with Crippen molar-refractivity contribution in [1.82, 2.24) is 10.3 Å². The number of anilines is 1. The molecule has 0 aromatic carbocycles. The Kier molecular flexibility index (Phi) is 4.35. The van der Waals surface area contributed by atoms with Crippen LogP contribution in [0.15, 0.2) is 18.3 Å². The number of pyridine rings is 1. The zero-order chi connectivity index (χ0) is 10.4. The van der Waals surface area contributed by atoms with E-state index in [-0.39, 0.29) is 0 Å². The molecule has 4 nitrogen and oxygen atoms in total. The molecule has 1 unspecified atom stereocenters. The minimum absolute atomic E-state index is 0.401. The van der Waals surface area contributed by atoms with Crippen LogP contribution in [0.25, 0.3) is 0 Å². The number of nitrogens with two attached hydrogens (primary N) is 1. The van der Waals surface area contributed by atoms with Crippen molar-refractivity contribution in [3.63, 3.8) is 0 Å². The largest absolute Gasteiger partial charge is 0.387 e. The average Bonchev–Trinajstić information content (AvgIpc) is 2.18. The molecule has 4 heteroatoms. The maximum absolute atomic E-state index is 9.75. The zero-order valence-electron chi connectivity index (χ0n) is 8.40. The number of nitrogens with zero attached hydrogens (tertiary/aromatic N) is 1. The molecule has 0 saturated heterocycles. The summed E-state index contributed by atoms with van der Waals surface area (Å²) < 4.78 is 0. The number of aliphatic hydroxyl groups is 1. The van der Waals surface area contributed by atoms with Crippen LogP contribution >= 0.6 is 0 Å². The van der Waals surface area contributed by atoms with Crippen LogP contribution in [0.2, 0.25) is 0 Å². The Morgan fingerprint density at radius 3 is 3.07 bits per heavy atom. The van der Waals surface area contributed by atoms with Crippen molar-refractivity contribution >= 4 is 5.82 Å². The molecular weight excluding hydrogens is 178 g/mol. The van der Waals surface area contributed by atoms with E-state index in [1.165, 1.54) is 0 Å². The van der Waals surface area contributed by atoms with Gasteiger partial charge in [-0.1, -0.05) is 13.0 Å². The minimum Gasteiger partial charge on any atom is -0.387 e. The minimum atomic E-state index is -0.574. The topological polar surface area (TPSA) is 71.2 Å². The summed E-state index contributed by atoms with van der Waals surface area (Å²) in [6.07, 6.45) is 2.09. The van der Waals surface area contributed by atoms with Gasteiger partial charge < -0.3 is 16.2 Å². The van der Waals surface area contributed by atoms with Crippen molar-refractivity contribution in [1.29, 1.82) is 0 Å². The normalized spacial score (nSPS) is 12.7. The van der Waals surface area contributed by atoms with Gasteiger partial charge in [0.2, 0.25) is 0 Å². The summed E-state index contributed by atoms with van der Waals surface area (Å²) in [5, 5.41) is 12.9. The maximum atomic E-state index is 9.75. The summed E-state index contributed by atoms with van der Waals surface area (Å²) in [5.74, 6) is 0.401. The van der Waals surface area contributed by atoms with E-state index in [1.54, 1.807) is 18.3 Å². The van der Waals surface area contributed by atoms with Crippen molar-refractivity contribution in [3.8, 4) is 0 Å². The molecule has 1 rings (SSSR count). The Hall–Kier alpha value is -1.13. The molecule has 78 valence electrons. The zero-order valence-corrected chi connectivity index (χ0v) is 8.40. The first-order chi connectivity index (χ1) is 6.75. The molecule has 14 heavy (non-hydrogen) atoms. The van der Waals surface area contributed by atoms with Gasteiger partial charge in [0.25, 0.3) is 0 Å². The predicted octanol–water partition coefficient (Wildman–Crippen LogP) is 0.697. The Morgan fingerprint density at radius 2 is 2.43 bits per heavy atom. The standard InChI is InChI=1S/C10H17N3O/c1-2-5-12-7-9(14)8-4-3-6-13-10(8)11/h3-4,6,9,12,14H,2,5,7H2,1H3,(H2,11,13). The van der Waals surface area contributed by atoms with E-state index in [1.807, 2.05) is 0 Å². The lowest BCUT2D eigenvalue weighted by Gasteiger charge is -2.12. The summed E-state index contributed by atoms with van der Waals surface area (Å²) in [4.78, 5) is 3.92. The number of rotatable bonds is 5. The molecular formula is C10H17N3O. The molecule has 0 aliphatic carbocycles. The third kappa shape index (κ3) is 2.97. The summed E-state index contributed by atoms with van der Waals surface area (Å²) in [6, 6.07) is 3.56. The van der Waals surface area contributed by atoms with E-state index in [4.69, 9.17) is 5.73 Å². The van der Waals surface area contributed by atoms with Crippen molar-refractivity contribution in [3.05, 3.63) is 23.9 Å². The number of hydrogen-bond donors (Lipinski definition) is 3. The van der Waals surface area contributed by atoms with Gasteiger partial charge in [-0.15, -0.1) is 0 Å². The summed E-state index contributed by atoms with van der Waals surface area (Å²) in [5.41, 5.74) is 6.32. The molecule has 0 amide bonds. The first-order valence-corrected chi connectivity index (χ1v) is 4.85.